The highest BCUT2D eigenvalue weighted by molar-refractivity contribution is 7.92. The lowest BCUT2D eigenvalue weighted by atomic mass is 10.2. The number of rotatable bonds is 6. The molecule has 0 heterocycles. The first-order chi connectivity index (χ1) is 9.21. The van der Waals surface area contributed by atoms with Crippen LogP contribution in [-0.4, -0.2) is 46.1 Å². The number of benzene rings is 1. The van der Waals surface area contributed by atoms with Crippen molar-refractivity contribution in [3.63, 3.8) is 0 Å². The zero-order valence-electron chi connectivity index (χ0n) is 11.8. The molecule has 1 aromatic carbocycles. The molecular weight excluding hydrogens is 300 g/mol. The van der Waals surface area contributed by atoms with Gasteiger partial charge in [0.1, 0.15) is 0 Å². The van der Waals surface area contributed by atoms with Crippen LogP contribution in [0.15, 0.2) is 24.3 Å². The number of carbonyl (C=O) groups is 1. The Bertz CT molecular complexity index is 555. The van der Waals surface area contributed by atoms with E-state index in [1.165, 1.54) is 9.21 Å². The molecular formula is C13H19ClN2O3S. The van der Waals surface area contributed by atoms with Gasteiger partial charge in [-0.05, 0) is 30.7 Å². The van der Waals surface area contributed by atoms with Crippen LogP contribution in [0.4, 0.5) is 5.69 Å². The fraction of sp³-hybridized carbons (Fsp3) is 0.462. The molecule has 0 aliphatic carbocycles. The van der Waals surface area contributed by atoms with Gasteiger partial charge in [0, 0.05) is 32.1 Å². The van der Waals surface area contributed by atoms with Gasteiger partial charge in [-0.15, -0.1) is 0 Å². The van der Waals surface area contributed by atoms with E-state index in [0.717, 1.165) is 6.26 Å². The van der Waals surface area contributed by atoms with Crippen LogP contribution in [-0.2, 0) is 14.8 Å². The van der Waals surface area contributed by atoms with Crippen molar-refractivity contribution in [3.8, 4) is 0 Å². The second-order valence-electron chi connectivity index (χ2n) is 4.70. The van der Waals surface area contributed by atoms with Crippen LogP contribution in [0.5, 0.6) is 0 Å². The van der Waals surface area contributed by atoms with E-state index in [4.69, 9.17) is 11.6 Å². The van der Waals surface area contributed by atoms with Crippen LogP contribution in [0.25, 0.3) is 0 Å². The molecule has 20 heavy (non-hydrogen) atoms. The van der Waals surface area contributed by atoms with Gasteiger partial charge in [-0.3, -0.25) is 9.10 Å². The van der Waals surface area contributed by atoms with E-state index in [9.17, 15) is 13.2 Å². The number of hydrogen-bond acceptors (Lipinski definition) is 3. The molecule has 0 spiro atoms. The zero-order chi connectivity index (χ0) is 15.3. The minimum atomic E-state index is -3.38. The molecule has 7 heteroatoms. The lowest BCUT2D eigenvalue weighted by molar-refractivity contribution is -0.128. The maximum Gasteiger partial charge on any atom is 0.232 e. The fourth-order valence-electron chi connectivity index (χ4n) is 1.69. The van der Waals surface area contributed by atoms with Crippen LogP contribution in [0.2, 0.25) is 5.02 Å². The molecule has 0 radical (unpaired) electrons. The van der Waals surface area contributed by atoms with E-state index in [1.54, 1.807) is 38.4 Å². The van der Waals surface area contributed by atoms with Crippen molar-refractivity contribution in [3.05, 3.63) is 29.3 Å². The number of carbonyl (C=O) groups excluding carboxylic acids is 1. The van der Waals surface area contributed by atoms with Gasteiger partial charge in [0.05, 0.1) is 11.9 Å². The van der Waals surface area contributed by atoms with Gasteiger partial charge < -0.3 is 4.90 Å². The predicted molar refractivity (Wildman–Crippen MR) is 81.6 cm³/mol. The lowest BCUT2D eigenvalue weighted by Crippen LogP contribution is -2.32. The molecule has 0 atom stereocenters. The fourth-order valence-corrected chi connectivity index (χ4v) is 2.78. The third-order valence-corrected chi connectivity index (χ3v) is 4.21. The van der Waals surface area contributed by atoms with Gasteiger partial charge in [0.25, 0.3) is 0 Å². The maximum absolute atomic E-state index is 11.8. The van der Waals surface area contributed by atoms with E-state index in [1.807, 2.05) is 0 Å². The SMILES string of the molecule is CN(C)C(=O)CCCN(c1ccc(Cl)cc1)S(C)(=O)=O. The first-order valence-electron chi connectivity index (χ1n) is 6.15. The maximum atomic E-state index is 11.8. The van der Waals surface area contributed by atoms with Crippen LogP contribution in [0, 0.1) is 0 Å². The number of anilines is 1. The van der Waals surface area contributed by atoms with E-state index >= 15 is 0 Å². The average molecular weight is 319 g/mol. The molecule has 0 saturated heterocycles. The number of sulfonamides is 1. The standard InChI is InChI=1S/C13H19ClN2O3S/c1-15(2)13(17)5-4-10-16(20(3,18)19)12-8-6-11(14)7-9-12/h6-9H,4-5,10H2,1-3H3. The lowest BCUT2D eigenvalue weighted by Gasteiger charge is -2.22. The highest BCUT2D eigenvalue weighted by atomic mass is 35.5. The summed E-state index contributed by atoms with van der Waals surface area (Å²) in [6, 6.07) is 6.58. The molecule has 1 amide bonds. The Balaban J connectivity index is 2.77. The van der Waals surface area contributed by atoms with Gasteiger partial charge in [-0.2, -0.15) is 0 Å². The minimum Gasteiger partial charge on any atom is -0.349 e. The van der Waals surface area contributed by atoms with E-state index in [-0.39, 0.29) is 12.5 Å². The Morgan fingerprint density at radius 1 is 1.20 bits per heavy atom. The molecule has 0 aliphatic rings. The summed E-state index contributed by atoms with van der Waals surface area (Å²) in [7, 11) is -0.0308. The summed E-state index contributed by atoms with van der Waals surface area (Å²) in [4.78, 5) is 13.0. The Labute approximate surface area is 125 Å². The first kappa shape index (κ1) is 16.8. The molecule has 0 aliphatic heterocycles. The summed E-state index contributed by atoms with van der Waals surface area (Å²) in [5.41, 5.74) is 0.550. The van der Waals surface area contributed by atoms with Gasteiger partial charge in [0.2, 0.25) is 15.9 Å². The van der Waals surface area contributed by atoms with Crippen molar-refractivity contribution in [1.29, 1.82) is 0 Å². The molecule has 0 unspecified atom stereocenters. The second kappa shape index (κ2) is 6.95. The van der Waals surface area contributed by atoms with Crippen LogP contribution >= 0.6 is 11.6 Å². The number of nitrogens with zero attached hydrogens (tertiary/aromatic N) is 2. The molecule has 0 bridgehead atoms. The molecule has 0 saturated carbocycles. The van der Waals surface area contributed by atoms with Crippen molar-refractivity contribution in [1.82, 2.24) is 4.90 Å². The third-order valence-electron chi connectivity index (χ3n) is 2.77. The van der Waals surface area contributed by atoms with Gasteiger partial charge in [-0.1, -0.05) is 11.6 Å². The van der Waals surface area contributed by atoms with Gasteiger partial charge in [0.15, 0.2) is 0 Å². The Morgan fingerprint density at radius 2 is 1.75 bits per heavy atom. The Hall–Kier alpha value is -1.27. The van der Waals surface area contributed by atoms with Crippen LogP contribution in [0.3, 0.4) is 0 Å². The van der Waals surface area contributed by atoms with E-state index < -0.39 is 10.0 Å². The third kappa shape index (κ3) is 5.02. The Morgan fingerprint density at radius 3 is 2.20 bits per heavy atom. The number of amides is 1. The van der Waals surface area contributed by atoms with Gasteiger partial charge >= 0.3 is 0 Å². The van der Waals surface area contributed by atoms with Crippen molar-refractivity contribution in [2.24, 2.45) is 0 Å². The van der Waals surface area contributed by atoms with Gasteiger partial charge in [-0.25, -0.2) is 8.42 Å². The largest absolute Gasteiger partial charge is 0.349 e. The average Bonchev–Trinajstić information content (AvgIpc) is 2.34. The molecule has 1 aromatic rings. The molecule has 0 aromatic heterocycles. The number of halogens is 1. The zero-order valence-corrected chi connectivity index (χ0v) is 13.4. The quantitative estimate of drug-likeness (QED) is 0.806. The van der Waals surface area contributed by atoms with Crippen molar-refractivity contribution >= 4 is 33.2 Å². The second-order valence-corrected chi connectivity index (χ2v) is 7.05. The summed E-state index contributed by atoms with van der Waals surface area (Å²) in [6.07, 6.45) is 1.93. The van der Waals surface area contributed by atoms with Crippen molar-refractivity contribution in [2.75, 3.05) is 31.2 Å². The smallest absolute Gasteiger partial charge is 0.232 e. The summed E-state index contributed by atoms with van der Waals surface area (Å²) >= 11 is 5.79. The summed E-state index contributed by atoms with van der Waals surface area (Å²) in [5.74, 6) is -0.0189. The van der Waals surface area contributed by atoms with E-state index in [0.29, 0.717) is 23.6 Å². The normalized spacial score (nSPS) is 11.2. The van der Waals surface area contributed by atoms with Crippen LogP contribution < -0.4 is 4.31 Å². The highest BCUT2D eigenvalue weighted by Gasteiger charge is 2.17. The van der Waals surface area contributed by atoms with Crippen molar-refractivity contribution < 1.29 is 13.2 Å². The molecule has 112 valence electrons. The minimum absolute atomic E-state index is 0.0189. The van der Waals surface area contributed by atoms with Crippen molar-refractivity contribution in [2.45, 2.75) is 12.8 Å². The van der Waals surface area contributed by atoms with E-state index in [2.05, 4.69) is 0 Å². The molecule has 1 rings (SSSR count). The molecule has 0 N–H and O–H groups in total. The van der Waals surface area contributed by atoms with Crippen LogP contribution in [0.1, 0.15) is 12.8 Å². The first-order valence-corrected chi connectivity index (χ1v) is 8.38. The number of hydrogen-bond donors (Lipinski definition) is 0. The summed E-state index contributed by atoms with van der Waals surface area (Å²) in [6.45, 7) is 0.264. The Kier molecular flexibility index (Phi) is 5.83. The molecule has 0 fully saturated rings. The monoisotopic (exact) mass is 318 g/mol. The predicted octanol–water partition coefficient (Wildman–Crippen LogP) is 1.97. The summed E-state index contributed by atoms with van der Waals surface area (Å²) < 4.78 is 24.9. The topological polar surface area (TPSA) is 57.7 Å². The summed E-state index contributed by atoms with van der Waals surface area (Å²) in [5, 5.41) is 0.546. The highest BCUT2D eigenvalue weighted by Crippen LogP contribution is 2.20. The molecule has 5 nitrogen and oxygen atoms in total.